The highest BCUT2D eigenvalue weighted by atomic mass is 19.1. The summed E-state index contributed by atoms with van der Waals surface area (Å²) in [7, 11) is 0. The Morgan fingerprint density at radius 1 is 1.46 bits per heavy atom. The molecule has 1 aromatic rings. The van der Waals surface area contributed by atoms with Gasteiger partial charge in [-0.15, -0.1) is 0 Å². The van der Waals surface area contributed by atoms with Crippen molar-refractivity contribution >= 4 is 0 Å². The van der Waals surface area contributed by atoms with Crippen LogP contribution in [0.5, 0.6) is 5.75 Å². The molecule has 0 saturated carbocycles. The zero-order valence-electron chi connectivity index (χ0n) is 7.20. The predicted molar refractivity (Wildman–Crippen MR) is 48.7 cm³/mol. The van der Waals surface area contributed by atoms with Gasteiger partial charge in [0.05, 0.1) is 0 Å². The van der Waals surface area contributed by atoms with Crippen LogP contribution < -0.4 is 11.5 Å². The van der Waals surface area contributed by atoms with E-state index in [1.165, 1.54) is 18.2 Å². The van der Waals surface area contributed by atoms with Crippen molar-refractivity contribution in [3.05, 3.63) is 29.6 Å². The maximum atomic E-state index is 12.7. The van der Waals surface area contributed by atoms with Crippen LogP contribution in [0.15, 0.2) is 18.2 Å². The van der Waals surface area contributed by atoms with Gasteiger partial charge in [0.25, 0.3) is 0 Å². The van der Waals surface area contributed by atoms with E-state index in [-0.39, 0.29) is 5.75 Å². The second kappa shape index (κ2) is 4.20. The van der Waals surface area contributed by atoms with Gasteiger partial charge in [-0.2, -0.15) is 0 Å². The molecule has 0 spiro atoms. The summed E-state index contributed by atoms with van der Waals surface area (Å²) in [6.07, 6.45) is 0.525. The van der Waals surface area contributed by atoms with Crippen molar-refractivity contribution in [1.29, 1.82) is 0 Å². The highest BCUT2D eigenvalue weighted by Gasteiger charge is 2.10. The molecule has 3 nitrogen and oxygen atoms in total. The van der Waals surface area contributed by atoms with Gasteiger partial charge >= 0.3 is 0 Å². The highest BCUT2D eigenvalue weighted by Crippen LogP contribution is 2.24. The SMILES string of the molecule is NCC[C@H](N)c1cc(F)ccc1O. The highest BCUT2D eigenvalue weighted by molar-refractivity contribution is 5.34. The summed E-state index contributed by atoms with van der Waals surface area (Å²) < 4.78 is 12.7. The molecule has 0 radical (unpaired) electrons. The number of nitrogens with two attached hydrogens (primary N) is 2. The van der Waals surface area contributed by atoms with Crippen LogP contribution in [-0.4, -0.2) is 11.7 Å². The molecule has 0 amide bonds. The Kier molecular flexibility index (Phi) is 3.22. The second-order valence-electron chi connectivity index (χ2n) is 2.89. The first kappa shape index (κ1) is 9.95. The van der Waals surface area contributed by atoms with E-state index < -0.39 is 11.9 Å². The molecule has 1 atom stereocenters. The first-order valence-electron chi connectivity index (χ1n) is 4.09. The van der Waals surface area contributed by atoms with Gasteiger partial charge in [0, 0.05) is 11.6 Å². The normalized spacial score (nSPS) is 12.8. The number of hydrogen-bond acceptors (Lipinski definition) is 3. The molecule has 0 aliphatic rings. The van der Waals surface area contributed by atoms with E-state index in [0.717, 1.165) is 0 Å². The van der Waals surface area contributed by atoms with Gasteiger partial charge in [-0.25, -0.2) is 4.39 Å². The Morgan fingerprint density at radius 3 is 2.77 bits per heavy atom. The maximum absolute atomic E-state index is 12.7. The fourth-order valence-electron chi connectivity index (χ4n) is 1.16. The average Bonchev–Trinajstić information content (AvgIpc) is 2.09. The molecule has 4 heteroatoms. The summed E-state index contributed by atoms with van der Waals surface area (Å²) in [5, 5.41) is 9.34. The summed E-state index contributed by atoms with van der Waals surface area (Å²) >= 11 is 0. The van der Waals surface area contributed by atoms with Crippen LogP contribution in [0, 0.1) is 5.82 Å². The predicted octanol–water partition coefficient (Wildman–Crippen LogP) is 0.880. The van der Waals surface area contributed by atoms with E-state index in [9.17, 15) is 9.50 Å². The van der Waals surface area contributed by atoms with Crippen LogP contribution in [-0.2, 0) is 0 Å². The topological polar surface area (TPSA) is 72.3 Å². The lowest BCUT2D eigenvalue weighted by atomic mass is 10.0. The van der Waals surface area contributed by atoms with Gasteiger partial charge in [-0.05, 0) is 31.2 Å². The first-order chi connectivity index (χ1) is 6.15. The van der Waals surface area contributed by atoms with E-state index in [1.807, 2.05) is 0 Å². The van der Waals surface area contributed by atoms with Crippen molar-refractivity contribution in [3.63, 3.8) is 0 Å². The van der Waals surface area contributed by atoms with E-state index >= 15 is 0 Å². The van der Waals surface area contributed by atoms with Gasteiger partial charge < -0.3 is 16.6 Å². The molecule has 1 aromatic carbocycles. The molecular formula is C9H13FN2O. The summed E-state index contributed by atoms with van der Waals surface area (Å²) in [6, 6.07) is 3.31. The minimum absolute atomic E-state index is 0.0161. The monoisotopic (exact) mass is 184 g/mol. The Labute approximate surface area is 76.2 Å². The van der Waals surface area contributed by atoms with Gasteiger partial charge in [0.2, 0.25) is 0 Å². The summed E-state index contributed by atoms with van der Waals surface area (Å²) in [5.41, 5.74) is 11.4. The quantitative estimate of drug-likeness (QED) is 0.653. The lowest BCUT2D eigenvalue weighted by Gasteiger charge is -2.12. The van der Waals surface area contributed by atoms with Gasteiger partial charge in [-0.1, -0.05) is 0 Å². The Morgan fingerprint density at radius 2 is 2.15 bits per heavy atom. The zero-order valence-corrected chi connectivity index (χ0v) is 7.20. The molecule has 0 aliphatic heterocycles. The molecule has 0 saturated heterocycles. The van der Waals surface area contributed by atoms with Gasteiger partial charge in [0.15, 0.2) is 0 Å². The largest absolute Gasteiger partial charge is 0.508 e. The number of halogens is 1. The van der Waals surface area contributed by atoms with Crippen LogP contribution in [0.1, 0.15) is 18.0 Å². The minimum atomic E-state index is -0.403. The average molecular weight is 184 g/mol. The molecule has 0 unspecified atom stereocenters. The maximum Gasteiger partial charge on any atom is 0.123 e. The standard InChI is InChI=1S/C9H13FN2O/c10-6-1-2-9(13)7(5-6)8(12)3-4-11/h1-2,5,8,13H,3-4,11-12H2/t8-/m0/s1. The molecule has 5 N–H and O–H groups in total. The third kappa shape index (κ3) is 2.40. The number of aromatic hydroxyl groups is 1. The third-order valence-electron chi connectivity index (χ3n) is 1.87. The molecule has 13 heavy (non-hydrogen) atoms. The van der Waals surface area contributed by atoms with Gasteiger partial charge in [-0.3, -0.25) is 0 Å². The molecular weight excluding hydrogens is 171 g/mol. The van der Waals surface area contributed by atoms with E-state index in [1.54, 1.807) is 0 Å². The van der Waals surface area contributed by atoms with Crippen molar-refractivity contribution < 1.29 is 9.50 Å². The summed E-state index contributed by atoms with van der Waals surface area (Å²) in [6.45, 7) is 0.414. The molecule has 1 rings (SSSR count). The van der Waals surface area contributed by atoms with Crippen molar-refractivity contribution in [3.8, 4) is 5.75 Å². The molecule has 0 aromatic heterocycles. The Bertz CT molecular complexity index is 291. The number of rotatable bonds is 3. The summed E-state index contributed by atoms with van der Waals surface area (Å²) in [4.78, 5) is 0. The van der Waals surface area contributed by atoms with E-state index in [0.29, 0.717) is 18.5 Å². The zero-order chi connectivity index (χ0) is 9.84. The van der Waals surface area contributed by atoms with Crippen LogP contribution in [0.25, 0.3) is 0 Å². The van der Waals surface area contributed by atoms with Crippen LogP contribution in [0.2, 0.25) is 0 Å². The lowest BCUT2D eigenvalue weighted by Crippen LogP contribution is -2.15. The fourth-order valence-corrected chi connectivity index (χ4v) is 1.16. The lowest BCUT2D eigenvalue weighted by molar-refractivity contribution is 0.456. The van der Waals surface area contributed by atoms with E-state index in [4.69, 9.17) is 11.5 Å². The second-order valence-corrected chi connectivity index (χ2v) is 2.89. The number of benzene rings is 1. The van der Waals surface area contributed by atoms with Crippen LogP contribution in [0.4, 0.5) is 4.39 Å². The van der Waals surface area contributed by atoms with Crippen molar-refractivity contribution in [1.82, 2.24) is 0 Å². The third-order valence-corrected chi connectivity index (χ3v) is 1.87. The fraction of sp³-hybridized carbons (Fsp3) is 0.333. The smallest absolute Gasteiger partial charge is 0.123 e. The number of hydrogen-bond donors (Lipinski definition) is 3. The molecule has 0 bridgehead atoms. The molecule has 0 aliphatic carbocycles. The van der Waals surface area contributed by atoms with Crippen molar-refractivity contribution in [2.24, 2.45) is 11.5 Å². The van der Waals surface area contributed by atoms with Crippen LogP contribution >= 0.6 is 0 Å². The summed E-state index contributed by atoms with van der Waals surface area (Å²) in [5.74, 6) is -0.386. The Balaban J connectivity index is 2.91. The number of phenolic OH excluding ortho intramolecular Hbond substituents is 1. The first-order valence-corrected chi connectivity index (χ1v) is 4.09. The van der Waals surface area contributed by atoms with Gasteiger partial charge in [0.1, 0.15) is 11.6 Å². The Hall–Kier alpha value is -1.13. The van der Waals surface area contributed by atoms with Crippen molar-refractivity contribution in [2.75, 3.05) is 6.54 Å². The van der Waals surface area contributed by atoms with Crippen molar-refractivity contribution in [2.45, 2.75) is 12.5 Å². The molecule has 72 valence electrons. The molecule has 0 heterocycles. The minimum Gasteiger partial charge on any atom is -0.508 e. The number of phenols is 1. The van der Waals surface area contributed by atoms with E-state index in [2.05, 4.69) is 0 Å². The van der Waals surface area contributed by atoms with Crippen LogP contribution in [0.3, 0.4) is 0 Å². The molecule has 0 fully saturated rings.